The predicted octanol–water partition coefficient (Wildman–Crippen LogP) is 3.98. The molecule has 0 fully saturated rings. The first-order valence-electron chi connectivity index (χ1n) is 8.60. The van der Waals surface area contributed by atoms with Gasteiger partial charge >= 0.3 is 5.70 Å². The second-order valence-corrected chi connectivity index (χ2v) is 7.82. The molecular formula is C20H12BrClN2O6. The van der Waals surface area contributed by atoms with Gasteiger partial charge in [0, 0.05) is 28.8 Å². The number of hydrogen-bond donors (Lipinski definition) is 2. The van der Waals surface area contributed by atoms with E-state index in [0.717, 1.165) is 0 Å². The molecule has 0 aromatic heterocycles. The zero-order chi connectivity index (χ0) is 21.7. The molecule has 1 unspecified atom stereocenters. The van der Waals surface area contributed by atoms with Gasteiger partial charge < -0.3 is 15.2 Å². The topological polar surface area (TPSA) is 119 Å². The second-order valence-electron chi connectivity index (χ2n) is 6.53. The van der Waals surface area contributed by atoms with Crippen molar-refractivity contribution in [2.45, 2.75) is 5.92 Å². The summed E-state index contributed by atoms with van der Waals surface area (Å²) in [4.78, 5) is 37.0. The summed E-state index contributed by atoms with van der Waals surface area (Å²) in [6.45, 7) is 0. The zero-order valence-electron chi connectivity index (χ0n) is 15.2. The van der Waals surface area contributed by atoms with Gasteiger partial charge in [-0.25, -0.2) is 0 Å². The molecule has 1 aliphatic heterocycles. The minimum Gasteiger partial charge on any atom is -0.507 e. The fraction of sp³-hybridized carbons (Fsp3) is 0.100. The van der Waals surface area contributed by atoms with Gasteiger partial charge in [0.25, 0.3) is 5.88 Å². The molecule has 0 radical (unpaired) electrons. The number of benzene rings is 2. The van der Waals surface area contributed by atoms with E-state index in [9.17, 15) is 24.8 Å². The number of ketones is 2. The average Bonchev–Trinajstić information content (AvgIpc) is 2.71. The summed E-state index contributed by atoms with van der Waals surface area (Å²) in [5, 5.41) is 25.7. The molecule has 1 atom stereocenters. The van der Waals surface area contributed by atoms with E-state index in [4.69, 9.17) is 16.3 Å². The van der Waals surface area contributed by atoms with E-state index >= 15 is 0 Å². The summed E-state index contributed by atoms with van der Waals surface area (Å²) in [7, 11) is 1.42. The number of aliphatic hydroxyl groups excluding tert-OH is 1. The van der Waals surface area contributed by atoms with Crippen LogP contribution in [0.2, 0.25) is 5.02 Å². The maximum absolute atomic E-state index is 13.0. The summed E-state index contributed by atoms with van der Waals surface area (Å²) in [5.41, 5.74) is -0.607. The molecule has 30 heavy (non-hydrogen) atoms. The molecule has 10 heteroatoms. The molecule has 2 aliphatic rings. The number of nitro groups is 1. The summed E-state index contributed by atoms with van der Waals surface area (Å²) >= 11 is 9.45. The van der Waals surface area contributed by atoms with E-state index in [2.05, 4.69) is 21.2 Å². The van der Waals surface area contributed by atoms with Crippen LogP contribution in [-0.4, -0.2) is 28.6 Å². The Bertz CT molecular complexity index is 1220. The van der Waals surface area contributed by atoms with Crippen LogP contribution < -0.4 is 10.1 Å². The first kappa shape index (κ1) is 20.1. The quantitative estimate of drug-likeness (QED) is 0.379. The van der Waals surface area contributed by atoms with Gasteiger partial charge in [-0.15, -0.1) is 0 Å². The number of fused-ring (bicyclic) bond motifs is 2. The van der Waals surface area contributed by atoms with Gasteiger partial charge in [0.1, 0.15) is 17.4 Å². The number of carbonyl (C=O) groups excluding carboxylic acids is 2. The highest BCUT2D eigenvalue weighted by atomic mass is 79.9. The number of nitrogens with one attached hydrogen (secondary N) is 1. The highest BCUT2D eigenvalue weighted by Crippen LogP contribution is 2.49. The average molecular weight is 492 g/mol. The van der Waals surface area contributed by atoms with E-state index in [-0.39, 0.29) is 33.3 Å². The van der Waals surface area contributed by atoms with E-state index < -0.39 is 39.4 Å². The Morgan fingerprint density at radius 3 is 2.50 bits per heavy atom. The number of Topliss-reactive ketones (excluding diaryl/α,β-unsaturated/α-hetero) is 2. The van der Waals surface area contributed by atoms with Gasteiger partial charge in [-0.1, -0.05) is 35.9 Å². The molecule has 2 aromatic carbocycles. The Labute approximate surface area is 183 Å². The van der Waals surface area contributed by atoms with Crippen LogP contribution in [0.15, 0.2) is 58.0 Å². The van der Waals surface area contributed by atoms with E-state index in [0.29, 0.717) is 4.47 Å². The Morgan fingerprint density at radius 1 is 1.20 bits per heavy atom. The Balaban J connectivity index is 2.10. The SMILES string of the molecule is CNC1=C([N+](=O)[O-])C(C2=C(O)c3ccccc3C(=O)C2=O)c2cc(Cl)cc(Br)c2O1. The van der Waals surface area contributed by atoms with Gasteiger partial charge in [0.15, 0.2) is 0 Å². The third-order valence-electron chi connectivity index (χ3n) is 4.90. The van der Waals surface area contributed by atoms with Gasteiger partial charge in [0.05, 0.1) is 15.0 Å². The van der Waals surface area contributed by atoms with Crippen molar-refractivity contribution >= 4 is 44.9 Å². The lowest BCUT2D eigenvalue weighted by molar-refractivity contribution is -0.432. The molecule has 0 bridgehead atoms. The number of nitrogens with zero attached hydrogens (tertiary/aromatic N) is 1. The predicted molar refractivity (Wildman–Crippen MR) is 111 cm³/mol. The van der Waals surface area contributed by atoms with Crippen molar-refractivity contribution in [3.05, 3.63) is 89.9 Å². The highest BCUT2D eigenvalue weighted by Gasteiger charge is 2.48. The normalized spacial score (nSPS) is 18.0. The summed E-state index contributed by atoms with van der Waals surface area (Å²) < 4.78 is 6.04. The maximum Gasteiger partial charge on any atom is 0.317 e. The summed E-state index contributed by atoms with van der Waals surface area (Å²) in [6, 6.07) is 8.96. The van der Waals surface area contributed by atoms with Crippen LogP contribution in [0.1, 0.15) is 27.4 Å². The molecule has 1 heterocycles. The van der Waals surface area contributed by atoms with Gasteiger partial charge in [-0.3, -0.25) is 19.7 Å². The second kappa shape index (κ2) is 7.26. The van der Waals surface area contributed by atoms with Gasteiger partial charge in [-0.05, 0) is 28.1 Å². The van der Waals surface area contributed by atoms with Crippen molar-refractivity contribution < 1.29 is 24.4 Å². The van der Waals surface area contributed by atoms with Crippen molar-refractivity contribution in [2.24, 2.45) is 0 Å². The van der Waals surface area contributed by atoms with Crippen molar-refractivity contribution in [3.63, 3.8) is 0 Å². The zero-order valence-corrected chi connectivity index (χ0v) is 17.6. The lowest BCUT2D eigenvalue weighted by Crippen LogP contribution is -2.34. The standard InChI is InChI=1S/C20H12BrClN2O6/c1-23-20-15(24(28)29)13(11-6-8(22)7-12(21)19(11)30-20)14-16(25)9-4-2-3-5-10(9)17(26)18(14)27/h2-7,13,23,25H,1H3. The first-order chi connectivity index (χ1) is 14.3. The number of carbonyl (C=O) groups is 2. The lowest BCUT2D eigenvalue weighted by atomic mass is 9.77. The van der Waals surface area contributed by atoms with E-state index in [1.54, 1.807) is 12.1 Å². The summed E-state index contributed by atoms with van der Waals surface area (Å²) in [6.07, 6.45) is 0. The molecule has 0 spiro atoms. The molecule has 8 nitrogen and oxygen atoms in total. The molecule has 2 N–H and O–H groups in total. The number of aliphatic hydroxyl groups is 1. The monoisotopic (exact) mass is 490 g/mol. The minimum absolute atomic E-state index is 0.0313. The van der Waals surface area contributed by atoms with Crippen LogP contribution in [0.3, 0.4) is 0 Å². The lowest BCUT2D eigenvalue weighted by Gasteiger charge is -2.29. The number of halogens is 2. The maximum atomic E-state index is 13.0. The molecule has 4 rings (SSSR count). The van der Waals surface area contributed by atoms with Crippen LogP contribution in [0.25, 0.3) is 5.76 Å². The third kappa shape index (κ3) is 2.89. The molecule has 1 aliphatic carbocycles. The van der Waals surface area contributed by atoms with Crippen molar-refractivity contribution in [2.75, 3.05) is 7.05 Å². The fourth-order valence-corrected chi connectivity index (χ4v) is 4.56. The summed E-state index contributed by atoms with van der Waals surface area (Å²) in [5.74, 6) is -3.83. The molecular weight excluding hydrogens is 480 g/mol. The molecule has 152 valence electrons. The van der Waals surface area contributed by atoms with Crippen LogP contribution in [0.5, 0.6) is 5.75 Å². The number of allylic oxidation sites excluding steroid dienone is 1. The minimum atomic E-state index is -1.40. The Hall–Kier alpha value is -3.17. The molecule has 2 aromatic rings. The fourth-order valence-electron chi connectivity index (χ4n) is 3.65. The van der Waals surface area contributed by atoms with Gasteiger partial charge in [-0.2, -0.15) is 0 Å². The smallest absolute Gasteiger partial charge is 0.317 e. The molecule has 0 saturated carbocycles. The molecule has 0 amide bonds. The largest absolute Gasteiger partial charge is 0.507 e. The van der Waals surface area contributed by atoms with Crippen molar-refractivity contribution in [1.82, 2.24) is 5.32 Å². The van der Waals surface area contributed by atoms with Crippen LogP contribution >= 0.6 is 27.5 Å². The highest BCUT2D eigenvalue weighted by molar-refractivity contribution is 9.10. The number of ether oxygens (including phenoxy) is 1. The van der Waals surface area contributed by atoms with Crippen molar-refractivity contribution in [1.29, 1.82) is 0 Å². The van der Waals surface area contributed by atoms with Crippen LogP contribution in [-0.2, 0) is 4.79 Å². The van der Waals surface area contributed by atoms with Gasteiger partial charge in [0.2, 0.25) is 11.6 Å². The Morgan fingerprint density at radius 2 is 1.87 bits per heavy atom. The van der Waals surface area contributed by atoms with Crippen LogP contribution in [0, 0.1) is 10.1 Å². The molecule has 0 saturated heterocycles. The van der Waals surface area contributed by atoms with Crippen LogP contribution in [0.4, 0.5) is 0 Å². The third-order valence-corrected chi connectivity index (χ3v) is 5.71. The number of hydrogen-bond acceptors (Lipinski definition) is 7. The Kier molecular flexibility index (Phi) is 4.87. The number of rotatable bonds is 3. The van der Waals surface area contributed by atoms with Crippen molar-refractivity contribution in [3.8, 4) is 5.75 Å². The van der Waals surface area contributed by atoms with E-state index in [1.165, 1.54) is 31.3 Å². The first-order valence-corrected chi connectivity index (χ1v) is 9.78. The van der Waals surface area contributed by atoms with E-state index in [1.807, 2.05) is 0 Å².